The fraction of sp³-hybridized carbons (Fsp3) is 0.200. The predicted molar refractivity (Wildman–Crippen MR) is 78.3 cm³/mol. The topological polar surface area (TPSA) is 48.2 Å². The molecular weight excluding hydrogens is 276 g/mol. The molecule has 0 aliphatic heterocycles. The highest BCUT2D eigenvalue weighted by Gasteiger charge is 2.17. The molecule has 0 aliphatic carbocycles. The lowest BCUT2D eigenvalue weighted by Crippen LogP contribution is -1.92. The Bertz CT molecular complexity index is 776. The lowest BCUT2D eigenvalue weighted by Gasteiger charge is -2.10. The minimum absolute atomic E-state index is 0.651. The van der Waals surface area contributed by atoms with Crippen molar-refractivity contribution in [1.82, 2.24) is 10.1 Å². The van der Waals surface area contributed by atoms with E-state index in [9.17, 15) is 0 Å². The van der Waals surface area contributed by atoms with Crippen molar-refractivity contribution < 1.29 is 9.26 Å². The van der Waals surface area contributed by atoms with Crippen LogP contribution in [0.1, 0.15) is 11.5 Å². The van der Waals surface area contributed by atoms with Crippen molar-refractivity contribution in [3.8, 4) is 16.9 Å². The third kappa shape index (κ3) is 1.93. The van der Waals surface area contributed by atoms with Crippen molar-refractivity contribution in [2.24, 2.45) is 0 Å². The monoisotopic (exact) mass is 288 g/mol. The average molecular weight is 289 g/mol. The number of hydrogen-bond acceptors (Lipinski definition) is 4. The first-order valence-electron chi connectivity index (χ1n) is 6.17. The highest BCUT2D eigenvalue weighted by atomic mass is 35.5. The lowest BCUT2D eigenvalue weighted by atomic mass is 10.0. The third-order valence-electron chi connectivity index (χ3n) is 3.31. The Morgan fingerprint density at radius 1 is 1.25 bits per heavy atom. The molecule has 0 unspecified atom stereocenters. The fourth-order valence-electron chi connectivity index (χ4n) is 2.37. The molecule has 0 spiro atoms. The normalized spacial score (nSPS) is 11.0. The van der Waals surface area contributed by atoms with E-state index in [0.717, 1.165) is 39.2 Å². The number of pyridine rings is 1. The second-order valence-electron chi connectivity index (χ2n) is 4.56. The van der Waals surface area contributed by atoms with Gasteiger partial charge < -0.3 is 9.26 Å². The van der Waals surface area contributed by atoms with E-state index in [1.807, 2.05) is 26.0 Å². The summed E-state index contributed by atoms with van der Waals surface area (Å²) < 4.78 is 10.7. The van der Waals surface area contributed by atoms with Crippen LogP contribution in [0.4, 0.5) is 0 Å². The Morgan fingerprint density at radius 3 is 2.70 bits per heavy atom. The number of ether oxygens (including phenoxy) is 1. The summed E-state index contributed by atoms with van der Waals surface area (Å²) in [6.07, 6.45) is 1.69. The van der Waals surface area contributed by atoms with E-state index in [-0.39, 0.29) is 0 Å². The highest BCUT2D eigenvalue weighted by Crippen LogP contribution is 2.38. The van der Waals surface area contributed by atoms with Crippen molar-refractivity contribution in [3.63, 3.8) is 0 Å². The standard InChI is InChI=1S/C15H13ClN2O2/c1-8-15(9(2)20-18-8)11-6-13-10(7-14(11)19-3)12(16)4-5-17-13/h4-7H,1-3H3. The van der Waals surface area contributed by atoms with Crippen LogP contribution in [-0.4, -0.2) is 17.3 Å². The molecule has 4 nitrogen and oxygen atoms in total. The molecule has 2 heterocycles. The number of aryl methyl sites for hydroxylation is 2. The average Bonchev–Trinajstić information content (AvgIpc) is 2.77. The van der Waals surface area contributed by atoms with Gasteiger partial charge in [0.2, 0.25) is 0 Å². The Hall–Kier alpha value is -2.07. The summed E-state index contributed by atoms with van der Waals surface area (Å²) in [6, 6.07) is 5.61. The van der Waals surface area contributed by atoms with Crippen LogP contribution in [0.3, 0.4) is 0 Å². The smallest absolute Gasteiger partial charge is 0.141 e. The van der Waals surface area contributed by atoms with Gasteiger partial charge in [0.15, 0.2) is 0 Å². The maximum Gasteiger partial charge on any atom is 0.141 e. The van der Waals surface area contributed by atoms with Crippen molar-refractivity contribution in [2.75, 3.05) is 7.11 Å². The Kier molecular flexibility index (Phi) is 3.10. The zero-order chi connectivity index (χ0) is 14.3. The van der Waals surface area contributed by atoms with Crippen LogP contribution in [-0.2, 0) is 0 Å². The zero-order valence-electron chi connectivity index (χ0n) is 11.4. The van der Waals surface area contributed by atoms with E-state index >= 15 is 0 Å². The molecule has 0 bridgehead atoms. The maximum absolute atomic E-state index is 6.20. The quantitative estimate of drug-likeness (QED) is 0.710. The van der Waals surface area contributed by atoms with E-state index in [1.165, 1.54) is 0 Å². The second kappa shape index (κ2) is 4.80. The van der Waals surface area contributed by atoms with Crippen molar-refractivity contribution in [3.05, 3.63) is 40.9 Å². The predicted octanol–water partition coefficient (Wildman–Crippen LogP) is 4.17. The molecule has 5 heteroatoms. The number of halogens is 1. The lowest BCUT2D eigenvalue weighted by molar-refractivity contribution is 0.393. The van der Waals surface area contributed by atoms with Crippen LogP contribution in [0.25, 0.3) is 22.0 Å². The van der Waals surface area contributed by atoms with E-state index in [2.05, 4.69) is 10.1 Å². The van der Waals surface area contributed by atoms with Gasteiger partial charge in [0.1, 0.15) is 11.5 Å². The molecule has 0 radical (unpaired) electrons. The van der Waals surface area contributed by atoms with Crippen LogP contribution in [0.5, 0.6) is 5.75 Å². The SMILES string of the molecule is COc1cc2c(Cl)ccnc2cc1-c1c(C)noc1C. The molecule has 0 N–H and O–H groups in total. The molecule has 102 valence electrons. The molecule has 0 atom stereocenters. The Labute approximate surface area is 121 Å². The van der Waals surface area contributed by atoms with Gasteiger partial charge in [-0.25, -0.2) is 0 Å². The highest BCUT2D eigenvalue weighted by molar-refractivity contribution is 6.35. The number of aromatic nitrogens is 2. The van der Waals surface area contributed by atoms with E-state index in [0.29, 0.717) is 5.02 Å². The number of methoxy groups -OCH3 is 1. The summed E-state index contributed by atoms with van der Waals surface area (Å²) in [5.41, 5.74) is 3.48. The van der Waals surface area contributed by atoms with Gasteiger partial charge in [0, 0.05) is 17.1 Å². The van der Waals surface area contributed by atoms with Crippen LogP contribution < -0.4 is 4.74 Å². The van der Waals surface area contributed by atoms with Gasteiger partial charge in [0.05, 0.1) is 28.9 Å². The van der Waals surface area contributed by atoms with E-state index in [4.69, 9.17) is 20.9 Å². The summed E-state index contributed by atoms with van der Waals surface area (Å²) in [6.45, 7) is 3.78. The first-order valence-corrected chi connectivity index (χ1v) is 6.55. The van der Waals surface area contributed by atoms with Crippen LogP contribution in [0, 0.1) is 13.8 Å². The van der Waals surface area contributed by atoms with Crippen LogP contribution in [0.2, 0.25) is 5.02 Å². The number of hydrogen-bond donors (Lipinski definition) is 0. The van der Waals surface area contributed by atoms with Gasteiger partial charge in [-0.15, -0.1) is 0 Å². The van der Waals surface area contributed by atoms with Crippen molar-refractivity contribution in [1.29, 1.82) is 0 Å². The summed E-state index contributed by atoms with van der Waals surface area (Å²) >= 11 is 6.20. The second-order valence-corrected chi connectivity index (χ2v) is 4.97. The number of rotatable bonds is 2. The van der Waals surface area contributed by atoms with Gasteiger partial charge >= 0.3 is 0 Å². The molecule has 0 fully saturated rings. The molecule has 1 aromatic carbocycles. The van der Waals surface area contributed by atoms with Crippen molar-refractivity contribution >= 4 is 22.5 Å². The molecule has 0 saturated carbocycles. The van der Waals surface area contributed by atoms with Crippen LogP contribution >= 0.6 is 11.6 Å². The first-order chi connectivity index (χ1) is 9.61. The summed E-state index contributed by atoms with van der Waals surface area (Å²) in [4.78, 5) is 4.36. The van der Waals surface area contributed by atoms with E-state index in [1.54, 1.807) is 19.4 Å². The van der Waals surface area contributed by atoms with Gasteiger partial charge in [-0.05, 0) is 32.0 Å². The largest absolute Gasteiger partial charge is 0.496 e. The molecule has 3 rings (SSSR count). The van der Waals surface area contributed by atoms with Gasteiger partial charge in [-0.1, -0.05) is 16.8 Å². The number of fused-ring (bicyclic) bond motifs is 1. The molecular formula is C15H13ClN2O2. The van der Waals surface area contributed by atoms with Crippen LogP contribution in [0.15, 0.2) is 28.9 Å². The fourth-order valence-corrected chi connectivity index (χ4v) is 2.58. The number of benzene rings is 1. The van der Waals surface area contributed by atoms with Gasteiger partial charge in [-0.3, -0.25) is 4.98 Å². The molecule has 0 aliphatic rings. The summed E-state index contributed by atoms with van der Waals surface area (Å²) in [5.74, 6) is 1.48. The minimum Gasteiger partial charge on any atom is -0.496 e. The minimum atomic E-state index is 0.651. The van der Waals surface area contributed by atoms with Crippen molar-refractivity contribution in [2.45, 2.75) is 13.8 Å². The zero-order valence-corrected chi connectivity index (χ0v) is 12.2. The molecule has 0 amide bonds. The Morgan fingerprint density at radius 2 is 2.05 bits per heavy atom. The van der Waals surface area contributed by atoms with E-state index < -0.39 is 0 Å². The molecule has 2 aromatic heterocycles. The Balaban J connectivity index is 2.36. The van der Waals surface area contributed by atoms with Gasteiger partial charge in [0.25, 0.3) is 0 Å². The molecule has 3 aromatic rings. The first kappa shape index (κ1) is 12.9. The molecule has 20 heavy (non-hydrogen) atoms. The molecule has 0 saturated heterocycles. The maximum atomic E-state index is 6.20. The van der Waals surface area contributed by atoms with Gasteiger partial charge in [-0.2, -0.15) is 0 Å². The summed E-state index contributed by atoms with van der Waals surface area (Å²) in [7, 11) is 1.63. The number of nitrogens with zero attached hydrogens (tertiary/aromatic N) is 2. The summed E-state index contributed by atoms with van der Waals surface area (Å²) in [5, 5.41) is 5.50. The third-order valence-corrected chi connectivity index (χ3v) is 3.64.